The van der Waals surface area contributed by atoms with Gasteiger partial charge in [0.1, 0.15) is 5.75 Å². The predicted molar refractivity (Wildman–Crippen MR) is 78.5 cm³/mol. The molecule has 8 heteroatoms. The third-order valence-corrected chi connectivity index (χ3v) is 2.65. The molecular formula is C14H11N3O5. The summed E-state index contributed by atoms with van der Waals surface area (Å²) in [6, 6.07) is 10.8. The maximum atomic E-state index is 11.7. The van der Waals surface area contributed by atoms with Crippen molar-refractivity contribution < 1.29 is 19.6 Å². The predicted octanol–water partition coefficient (Wildman–Crippen LogP) is 1.88. The Hall–Kier alpha value is -3.42. The molecule has 22 heavy (non-hydrogen) atoms. The fourth-order valence-corrected chi connectivity index (χ4v) is 1.62. The summed E-state index contributed by atoms with van der Waals surface area (Å²) in [6.07, 6.45) is 0. The van der Waals surface area contributed by atoms with Gasteiger partial charge >= 0.3 is 11.8 Å². The molecule has 3 N–H and O–H groups in total. The minimum Gasteiger partial charge on any atom is -0.508 e. The lowest BCUT2D eigenvalue weighted by molar-refractivity contribution is -0.384. The molecule has 0 aliphatic rings. The van der Waals surface area contributed by atoms with E-state index in [9.17, 15) is 19.7 Å². The first kappa shape index (κ1) is 15.0. The number of phenols is 1. The summed E-state index contributed by atoms with van der Waals surface area (Å²) in [5.74, 6) is -1.87. The second-order valence-corrected chi connectivity index (χ2v) is 4.26. The summed E-state index contributed by atoms with van der Waals surface area (Å²) >= 11 is 0. The molecule has 0 unspecified atom stereocenters. The number of amides is 2. The largest absolute Gasteiger partial charge is 0.508 e. The smallest absolute Gasteiger partial charge is 0.314 e. The number of benzene rings is 2. The Bertz CT molecular complexity index is 728. The van der Waals surface area contributed by atoms with Gasteiger partial charge in [-0.15, -0.1) is 0 Å². The first-order chi connectivity index (χ1) is 10.5. The van der Waals surface area contributed by atoms with Crippen LogP contribution in [0, 0.1) is 10.1 Å². The third kappa shape index (κ3) is 3.79. The van der Waals surface area contributed by atoms with Crippen LogP contribution >= 0.6 is 0 Å². The molecule has 2 aromatic carbocycles. The normalized spacial score (nSPS) is 9.82. The minimum atomic E-state index is -0.964. The van der Waals surface area contributed by atoms with Crippen molar-refractivity contribution in [1.29, 1.82) is 0 Å². The van der Waals surface area contributed by atoms with Crippen LogP contribution in [0.4, 0.5) is 17.1 Å². The first-order valence-corrected chi connectivity index (χ1v) is 6.11. The third-order valence-electron chi connectivity index (χ3n) is 2.65. The van der Waals surface area contributed by atoms with E-state index in [0.29, 0.717) is 5.69 Å². The van der Waals surface area contributed by atoms with Gasteiger partial charge in [-0.2, -0.15) is 0 Å². The summed E-state index contributed by atoms with van der Waals surface area (Å²) in [6.45, 7) is 0. The maximum Gasteiger partial charge on any atom is 0.314 e. The fraction of sp³-hybridized carbons (Fsp3) is 0. The van der Waals surface area contributed by atoms with Crippen LogP contribution in [0.25, 0.3) is 0 Å². The van der Waals surface area contributed by atoms with E-state index in [1.165, 1.54) is 42.5 Å². The lowest BCUT2D eigenvalue weighted by Crippen LogP contribution is -2.29. The Morgan fingerprint density at radius 1 is 0.955 bits per heavy atom. The van der Waals surface area contributed by atoms with Crippen molar-refractivity contribution in [3.63, 3.8) is 0 Å². The number of carbonyl (C=O) groups is 2. The van der Waals surface area contributed by atoms with Gasteiger partial charge in [-0.3, -0.25) is 19.7 Å². The van der Waals surface area contributed by atoms with Crippen molar-refractivity contribution in [1.82, 2.24) is 0 Å². The quantitative estimate of drug-likeness (QED) is 0.346. The van der Waals surface area contributed by atoms with E-state index >= 15 is 0 Å². The van der Waals surface area contributed by atoms with Crippen molar-refractivity contribution in [3.05, 3.63) is 58.6 Å². The van der Waals surface area contributed by atoms with Gasteiger partial charge in [0.2, 0.25) is 0 Å². The first-order valence-electron chi connectivity index (χ1n) is 6.11. The number of aromatic hydroxyl groups is 1. The molecule has 0 bridgehead atoms. The number of nitrogens with zero attached hydrogens (tertiary/aromatic N) is 1. The number of rotatable bonds is 3. The summed E-state index contributed by atoms with van der Waals surface area (Å²) in [4.78, 5) is 33.5. The van der Waals surface area contributed by atoms with E-state index < -0.39 is 16.7 Å². The Kier molecular flexibility index (Phi) is 4.33. The fourth-order valence-electron chi connectivity index (χ4n) is 1.62. The van der Waals surface area contributed by atoms with Crippen LogP contribution in [0.2, 0.25) is 0 Å². The highest BCUT2D eigenvalue weighted by molar-refractivity contribution is 6.43. The Morgan fingerprint density at radius 3 is 2.14 bits per heavy atom. The van der Waals surface area contributed by atoms with Crippen molar-refractivity contribution in [2.45, 2.75) is 0 Å². The zero-order chi connectivity index (χ0) is 16.1. The molecule has 0 atom stereocenters. The van der Waals surface area contributed by atoms with Gasteiger partial charge < -0.3 is 15.7 Å². The number of anilines is 2. The molecule has 0 aliphatic carbocycles. The Balaban J connectivity index is 2.02. The highest BCUT2D eigenvalue weighted by atomic mass is 16.6. The van der Waals surface area contributed by atoms with E-state index in [0.717, 1.165) is 6.07 Å². The van der Waals surface area contributed by atoms with Gasteiger partial charge in [-0.25, -0.2) is 0 Å². The molecule has 0 spiro atoms. The number of non-ortho nitro benzene ring substituents is 1. The number of carbonyl (C=O) groups excluding carboxylic acids is 2. The molecule has 0 aliphatic heterocycles. The van der Waals surface area contributed by atoms with Gasteiger partial charge in [0.05, 0.1) is 4.92 Å². The van der Waals surface area contributed by atoms with Gasteiger partial charge in [0.15, 0.2) is 0 Å². The Labute approximate surface area is 124 Å². The van der Waals surface area contributed by atoms with E-state index in [1.54, 1.807) is 0 Å². The molecule has 0 saturated carbocycles. The zero-order valence-corrected chi connectivity index (χ0v) is 11.1. The average Bonchev–Trinajstić information content (AvgIpc) is 2.49. The molecule has 0 heterocycles. The Morgan fingerprint density at radius 2 is 1.55 bits per heavy atom. The van der Waals surface area contributed by atoms with Crippen LogP contribution in [-0.2, 0) is 9.59 Å². The number of hydrogen-bond donors (Lipinski definition) is 3. The van der Waals surface area contributed by atoms with Crippen molar-refractivity contribution in [3.8, 4) is 5.75 Å². The molecule has 0 aromatic heterocycles. The number of hydrogen-bond acceptors (Lipinski definition) is 5. The number of nitro groups is 1. The molecular weight excluding hydrogens is 290 g/mol. The van der Waals surface area contributed by atoms with Gasteiger partial charge in [0.25, 0.3) is 5.69 Å². The standard InChI is InChI=1S/C14H11N3O5/c18-12-6-4-9(5-7-12)15-13(19)14(20)16-10-2-1-3-11(8-10)17(21)22/h1-8,18H,(H,15,19)(H,16,20). The highest BCUT2D eigenvalue weighted by Crippen LogP contribution is 2.17. The summed E-state index contributed by atoms with van der Waals surface area (Å²) < 4.78 is 0. The molecule has 0 fully saturated rings. The van der Waals surface area contributed by atoms with Crippen LogP contribution in [0.15, 0.2) is 48.5 Å². The highest BCUT2D eigenvalue weighted by Gasteiger charge is 2.15. The van der Waals surface area contributed by atoms with Crippen molar-refractivity contribution in [2.75, 3.05) is 10.6 Å². The second kappa shape index (κ2) is 6.35. The second-order valence-electron chi connectivity index (χ2n) is 4.26. The number of phenolic OH excluding ortho intramolecular Hbond substituents is 1. The maximum absolute atomic E-state index is 11.7. The van der Waals surface area contributed by atoms with E-state index in [4.69, 9.17) is 5.11 Å². The summed E-state index contributed by atoms with van der Waals surface area (Å²) in [5.41, 5.74) is 0.272. The monoisotopic (exact) mass is 301 g/mol. The molecule has 2 rings (SSSR count). The zero-order valence-electron chi connectivity index (χ0n) is 11.1. The summed E-state index contributed by atoms with van der Waals surface area (Å²) in [5, 5.41) is 24.3. The van der Waals surface area contributed by atoms with Gasteiger partial charge in [0, 0.05) is 23.5 Å². The molecule has 2 amide bonds. The van der Waals surface area contributed by atoms with E-state index in [1.807, 2.05) is 0 Å². The van der Waals surface area contributed by atoms with E-state index in [-0.39, 0.29) is 17.1 Å². The number of nitro benzene ring substituents is 1. The lowest BCUT2D eigenvalue weighted by atomic mass is 10.2. The molecule has 112 valence electrons. The molecule has 0 saturated heterocycles. The minimum absolute atomic E-state index is 0.0269. The van der Waals surface area contributed by atoms with Crippen LogP contribution in [-0.4, -0.2) is 21.8 Å². The van der Waals surface area contributed by atoms with Crippen LogP contribution in [0.1, 0.15) is 0 Å². The average molecular weight is 301 g/mol. The molecule has 2 aromatic rings. The van der Waals surface area contributed by atoms with E-state index in [2.05, 4.69) is 10.6 Å². The lowest BCUT2D eigenvalue weighted by Gasteiger charge is -2.06. The van der Waals surface area contributed by atoms with Crippen LogP contribution in [0.3, 0.4) is 0 Å². The summed E-state index contributed by atoms with van der Waals surface area (Å²) in [7, 11) is 0. The molecule has 0 radical (unpaired) electrons. The van der Waals surface area contributed by atoms with Crippen LogP contribution in [0.5, 0.6) is 5.75 Å². The van der Waals surface area contributed by atoms with Crippen LogP contribution < -0.4 is 10.6 Å². The SMILES string of the molecule is O=C(Nc1ccc(O)cc1)C(=O)Nc1cccc([N+](=O)[O-])c1. The van der Waals surface area contributed by atoms with Crippen molar-refractivity contribution in [2.24, 2.45) is 0 Å². The topological polar surface area (TPSA) is 122 Å². The van der Waals surface area contributed by atoms with Gasteiger partial charge in [-0.05, 0) is 30.3 Å². The molecule has 8 nitrogen and oxygen atoms in total. The van der Waals surface area contributed by atoms with Crippen molar-refractivity contribution >= 4 is 28.9 Å². The van der Waals surface area contributed by atoms with Gasteiger partial charge in [-0.1, -0.05) is 6.07 Å². The number of nitrogens with one attached hydrogen (secondary N) is 2.